The third-order valence-corrected chi connectivity index (χ3v) is 13.0. The molecule has 102 heavy (non-hydrogen) atoms. The Morgan fingerprint density at radius 3 is 0.559 bits per heavy atom. The third kappa shape index (κ3) is 30.7. The SMILES string of the molecule is O=C(CCC(=O)OC(CO)CO)Oc1ccccc1C(=O)OCC(COC(=O)c1ccccc1OC(=O)CCC(=O)OC(CO)CO)OC(=O)CCC(=O)OC(COC(=O)c1ccccc1OC(=O)CCC(=O)OC(CO)CO)COC(=O)c1ccccc1OC(=O)CCC(=O)OC(CO)CO. The van der Waals surface area contributed by atoms with E-state index in [0.717, 1.165) is 24.3 Å². The van der Waals surface area contributed by atoms with Crippen LogP contribution in [-0.4, -0.2) is 240 Å². The molecule has 4 rings (SSSR count). The van der Waals surface area contributed by atoms with Gasteiger partial charge in [-0.1, -0.05) is 48.5 Å². The summed E-state index contributed by atoms with van der Waals surface area (Å²) in [6, 6.07) is 20.0. The molecular formula is C66H74O36. The van der Waals surface area contributed by atoms with Gasteiger partial charge in [-0.05, 0) is 48.5 Å². The summed E-state index contributed by atoms with van der Waals surface area (Å²) in [4.78, 5) is 182. The number of carbonyl (C=O) groups excluding carboxylic acids is 14. The maximum absolute atomic E-state index is 13.6. The first kappa shape index (κ1) is 83.6. The summed E-state index contributed by atoms with van der Waals surface area (Å²) in [5.74, 6) is -17.3. The van der Waals surface area contributed by atoms with Gasteiger partial charge in [0, 0.05) is 0 Å². The summed E-state index contributed by atoms with van der Waals surface area (Å²) < 4.78 is 73.0. The van der Waals surface area contributed by atoms with E-state index < -0.39 is 309 Å². The fraction of sp³-hybridized carbons (Fsp3) is 0.424. The van der Waals surface area contributed by atoms with Crippen LogP contribution in [0.2, 0.25) is 0 Å². The normalized spacial score (nSPS) is 10.9. The minimum absolute atomic E-state index is 0.398. The van der Waals surface area contributed by atoms with E-state index in [1.807, 2.05) is 0 Å². The molecule has 36 heteroatoms. The zero-order chi connectivity index (χ0) is 74.9. The molecule has 0 heterocycles. The van der Waals surface area contributed by atoms with Crippen molar-refractivity contribution < 1.29 is 174 Å². The van der Waals surface area contributed by atoms with Crippen LogP contribution in [-0.2, 0) is 95.3 Å². The van der Waals surface area contributed by atoms with Crippen LogP contribution < -0.4 is 18.9 Å². The highest BCUT2D eigenvalue weighted by Gasteiger charge is 2.29. The lowest BCUT2D eigenvalue weighted by Crippen LogP contribution is -2.32. The Morgan fingerprint density at radius 2 is 0.382 bits per heavy atom. The van der Waals surface area contributed by atoms with Gasteiger partial charge in [-0.2, -0.15) is 0 Å². The molecule has 0 amide bonds. The van der Waals surface area contributed by atoms with Gasteiger partial charge in [0.05, 0.1) is 117 Å². The van der Waals surface area contributed by atoms with Gasteiger partial charge >= 0.3 is 83.6 Å². The van der Waals surface area contributed by atoms with Crippen molar-refractivity contribution in [2.75, 3.05) is 79.3 Å². The Kier molecular flexibility index (Phi) is 37.5. The fourth-order valence-electron chi connectivity index (χ4n) is 7.83. The second-order valence-corrected chi connectivity index (χ2v) is 20.9. The maximum Gasteiger partial charge on any atom is 0.342 e. The molecule has 0 spiro atoms. The number of aliphatic hydroxyl groups excluding tert-OH is 8. The Bertz CT molecular complexity index is 3040. The van der Waals surface area contributed by atoms with Crippen molar-refractivity contribution in [3.8, 4) is 23.0 Å². The molecule has 0 fully saturated rings. The van der Waals surface area contributed by atoms with Gasteiger partial charge in [0.25, 0.3) is 0 Å². The quantitative estimate of drug-likeness (QED) is 0.0155. The maximum atomic E-state index is 13.6. The van der Waals surface area contributed by atoms with Crippen molar-refractivity contribution >= 4 is 83.6 Å². The molecule has 4 aromatic rings. The topological polar surface area (TPSA) is 530 Å². The summed E-state index contributed by atoms with van der Waals surface area (Å²) in [7, 11) is 0. The number of para-hydroxylation sites is 4. The molecule has 554 valence electrons. The Labute approximate surface area is 578 Å². The average molecular weight is 1440 g/mol. The van der Waals surface area contributed by atoms with Crippen molar-refractivity contribution in [2.45, 2.75) is 101 Å². The zero-order valence-corrected chi connectivity index (χ0v) is 54.3. The molecule has 0 aliphatic carbocycles. The fourth-order valence-corrected chi connectivity index (χ4v) is 7.83. The number of hydrogen-bond acceptors (Lipinski definition) is 36. The van der Waals surface area contributed by atoms with E-state index in [2.05, 4.69) is 0 Å². The highest BCUT2D eigenvalue weighted by atomic mass is 16.6. The molecule has 0 aromatic heterocycles. The van der Waals surface area contributed by atoms with Crippen LogP contribution in [0.3, 0.4) is 0 Å². The Morgan fingerprint density at radius 1 is 0.225 bits per heavy atom. The van der Waals surface area contributed by atoms with E-state index in [1.54, 1.807) is 0 Å². The van der Waals surface area contributed by atoms with E-state index in [0.29, 0.717) is 0 Å². The molecule has 0 unspecified atom stereocenters. The average Bonchev–Trinajstić information content (AvgIpc) is 0.868. The highest BCUT2D eigenvalue weighted by Crippen LogP contribution is 2.25. The smallest absolute Gasteiger partial charge is 0.342 e. The number of rotatable bonds is 45. The van der Waals surface area contributed by atoms with Crippen LogP contribution in [0.4, 0.5) is 0 Å². The molecule has 0 radical (unpaired) electrons. The van der Waals surface area contributed by atoms with Crippen LogP contribution in [0.25, 0.3) is 0 Å². The van der Waals surface area contributed by atoms with Gasteiger partial charge in [-0.3, -0.25) is 47.9 Å². The molecule has 4 aromatic carbocycles. The molecule has 0 atom stereocenters. The van der Waals surface area contributed by atoms with Gasteiger partial charge in [-0.15, -0.1) is 0 Å². The van der Waals surface area contributed by atoms with E-state index in [4.69, 9.17) is 66.3 Å². The molecule has 8 N–H and O–H groups in total. The second kappa shape index (κ2) is 45.7. The third-order valence-electron chi connectivity index (χ3n) is 13.0. The van der Waals surface area contributed by atoms with Crippen LogP contribution in [0.15, 0.2) is 97.1 Å². The standard InChI is InChI=1S/C66H74O36/c67-27-39(28-68)93-53(75)19-23-59(81)99-49-13-5-1-9-45(49)63(85)89-35-43(36-90-64(86)46-10-2-6-14-50(46)100-60(82)24-20-54(76)94-40(29-69)30-70)97-57(79)17-18-58(80)98-44(37-91-65(87)47-11-3-7-15-51(47)101-61(83)25-21-55(77)95-41(31-71)32-72)38-92-66(88)48-12-4-8-16-52(48)102-62(84)26-22-56(78)96-42(33-73)34-74/h1-16,39-44,67-74H,17-38H2. The Balaban J connectivity index is 1.55. The van der Waals surface area contributed by atoms with E-state index in [1.165, 1.54) is 72.8 Å². The highest BCUT2D eigenvalue weighted by molar-refractivity contribution is 5.96. The predicted octanol–water partition coefficient (Wildman–Crippen LogP) is -0.654. The first-order valence-corrected chi connectivity index (χ1v) is 30.9. The van der Waals surface area contributed by atoms with Crippen LogP contribution in [0, 0.1) is 0 Å². The van der Waals surface area contributed by atoms with Gasteiger partial charge in [0.2, 0.25) is 0 Å². The largest absolute Gasteiger partial charge is 0.458 e. The molecule has 0 bridgehead atoms. The number of ether oxygens (including phenoxy) is 14. The van der Waals surface area contributed by atoms with Crippen molar-refractivity contribution in [2.24, 2.45) is 0 Å². The molecule has 0 saturated carbocycles. The van der Waals surface area contributed by atoms with E-state index in [-0.39, 0.29) is 0 Å². The lowest BCUT2D eigenvalue weighted by Gasteiger charge is -2.20. The van der Waals surface area contributed by atoms with Crippen LogP contribution in [0.1, 0.15) is 106 Å². The Hall–Kier alpha value is -10.9. The van der Waals surface area contributed by atoms with Gasteiger partial charge in [0.1, 0.15) is 96.1 Å². The van der Waals surface area contributed by atoms with Crippen LogP contribution in [0.5, 0.6) is 23.0 Å². The summed E-state index contributed by atoms with van der Waals surface area (Å²) in [5.41, 5.74) is -1.64. The summed E-state index contributed by atoms with van der Waals surface area (Å²) >= 11 is 0. The number of aliphatic hydroxyl groups is 8. The number of esters is 14. The first-order chi connectivity index (χ1) is 49.0. The molecular weight excluding hydrogens is 1370 g/mol. The van der Waals surface area contributed by atoms with Gasteiger partial charge < -0.3 is 107 Å². The minimum atomic E-state index is -1.77. The minimum Gasteiger partial charge on any atom is -0.458 e. The first-order valence-electron chi connectivity index (χ1n) is 30.9. The summed E-state index contributed by atoms with van der Waals surface area (Å²) in [6.07, 6.45) is -15.1. The zero-order valence-electron chi connectivity index (χ0n) is 54.3. The van der Waals surface area contributed by atoms with Crippen LogP contribution >= 0.6 is 0 Å². The summed E-state index contributed by atoms with van der Waals surface area (Å²) in [6.45, 7) is -9.54. The second-order valence-electron chi connectivity index (χ2n) is 20.9. The molecule has 0 aliphatic rings. The summed E-state index contributed by atoms with van der Waals surface area (Å²) in [5, 5.41) is 73.6. The van der Waals surface area contributed by atoms with Crippen molar-refractivity contribution in [3.05, 3.63) is 119 Å². The van der Waals surface area contributed by atoms with Crippen molar-refractivity contribution in [1.82, 2.24) is 0 Å². The lowest BCUT2D eigenvalue weighted by molar-refractivity contribution is -0.160. The molecule has 0 aliphatic heterocycles. The van der Waals surface area contributed by atoms with Gasteiger partial charge in [-0.25, -0.2) is 19.2 Å². The molecule has 36 nitrogen and oxygen atoms in total. The molecule has 0 saturated heterocycles. The number of carbonyl (C=O) groups is 14. The van der Waals surface area contributed by atoms with Gasteiger partial charge in [0.15, 0.2) is 12.2 Å². The number of benzene rings is 4. The lowest BCUT2D eigenvalue weighted by atomic mass is 10.2. The van der Waals surface area contributed by atoms with E-state index >= 15 is 0 Å². The predicted molar refractivity (Wildman–Crippen MR) is 332 cm³/mol. The monoisotopic (exact) mass is 1440 g/mol. The van der Waals surface area contributed by atoms with Crippen molar-refractivity contribution in [3.63, 3.8) is 0 Å². The number of hydrogen-bond donors (Lipinski definition) is 8. The van der Waals surface area contributed by atoms with Crippen molar-refractivity contribution in [1.29, 1.82) is 0 Å². The van der Waals surface area contributed by atoms with E-state index in [9.17, 15) is 108 Å².